The molecule has 1 atom stereocenters. The van der Waals surface area contributed by atoms with E-state index < -0.39 is 12.1 Å². The van der Waals surface area contributed by atoms with Crippen molar-refractivity contribution in [2.24, 2.45) is 10.7 Å². The molecule has 0 spiro atoms. The van der Waals surface area contributed by atoms with Crippen LogP contribution in [0.25, 0.3) is 0 Å². The third-order valence-corrected chi connectivity index (χ3v) is 1.60. The third-order valence-electron chi connectivity index (χ3n) is 1.60. The number of methoxy groups -OCH3 is 1. The van der Waals surface area contributed by atoms with E-state index in [0.29, 0.717) is 5.76 Å². The molecule has 0 aromatic heterocycles. The summed E-state index contributed by atoms with van der Waals surface area (Å²) < 4.78 is 4.61. The van der Waals surface area contributed by atoms with Crippen molar-refractivity contribution in [3.8, 4) is 0 Å². The van der Waals surface area contributed by atoms with Crippen LogP contribution in [-0.4, -0.2) is 43.7 Å². The summed E-state index contributed by atoms with van der Waals surface area (Å²) in [5.74, 6) is 0.0874. The van der Waals surface area contributed by atoms with Gasteiger partial charge in [-0.15, -0.1) is 5.48 Å². The van der Waals surface area contributed by atoms with Gasteiger partial charge in [-0.05, 0) is 13.8 Å². The summed E-state index contributed by atoms with van der Waals surface area (Å²) in [6, 6.07) is 0. The molecule has 0 aromatic carbocycles. The Labute approximate surface area is 101 Å². The second-order valence-corrected chi connectivity index (χ2v) is 3.49. The number of nitrogens with one attached hydrogen (secondary N) is 1. The molecule has 7 heteroatoms. The molecule has 0 heterocycles. The molecule has 0 aliphatic rings. The van der Waals surface area contributed by atoms with E-state index in [0.717, 1.165) is 0 Å². The van der Waals surface area contributed by atoms with Crippen LogP contribution in [0.5, 0.6) is 0 Å². The lowest BCUT2D eigenvalue weighted by atomic mass is 10.5. The van der Waals surface area contributed by atoms with Crippen molar-refractivity contribution < 1.29 is 14.4 Å². The predicted octanol–water partition coefficient (Wildman–Crippen LogP) is -0.193. The highest BCUT2D eigenvalue weighted by Gasteiger charge is 2.17. The predicted molar refractivity (Wildman–Crippen MR) is 64.8 cm³/mol. The molecule has 0 saturated heterocycles. The molecule has 0 aromatic rings. The maximum atomic E-state index is 11.4. The van der Waals surface area contributed by atoms with Gasteiger partial charge in [-0.25, -0.2) is 9.79 Å². The number of carbonyl (C=O) groups excluding carboxylic acids is 1. The highest BCUT2D eigenvalue weighted by atomic mass is 16.6. The summed E-state index contributed by atoms with van der Waals surface area (Å²) in [4.78, 5) is 21.9. The Morgan fingerprint density at radius 3 is 2.65 bits per heavy atom. The van der Waals surface area contributed by atoms with E-state index in [1.165, 1.54) is 12.0 Å². The fraction of sp³-hybridized carbons (Fsp3) is 0.600. The third kappa shape index (κ3) is 6.54. The average Bonchev–Trinajstić information content (AvgIpc) is 2.23. The van der Waals surface area contributed by atoms with E-state index in [1.54, 1.807) is 20.9 Å². The number of hydrogen-bond acceptors (Lipinski definition) is 6. The highest BCUT2D eigenvalue weighted by molar-refractivity contribution is 6.35. The van der Waals surface area contributed by atoms with E-state index >= 15 is 0 Å². The number of likely N-dealkylation sites (N-methyl/N-ethyl adjacent to an activating group) is 1. The van der Waals surface area contributed by atoms with Crippen LogP contribution >= 0.6 is 0 Å². The Hall–Kier alpha value is -1.60. The number of aliphatic imine (C=N–C) groups is 1. The van der Waals surface area contributed by atoms with Gasteiger partial charge in [0.15, 0.2) is 0 Å². The van der Waals surface area contributed by atoms with E-state index in [9.17, 15) is 4.79 Å². The molecule has 3 N–H and O–H groups in total. The lowest BCUT2D eigenvalue weighted by Crippen LogP contribution is -2.41. The molecule has 0 bridgehead atoms. The van der Waals surface area contributed by atoms with Crippen LogP contribution in [0.2, 0.25) is 0 Å². The number of nitrogens with two attached hydrogens (primary N) is 1. The van der Waals surface area contributed by atoms with Gasteiger partial charge in [-0.2, -0.15) is 0 Å². The average molecular weight is 244 g/mol. The molecule has 0 aliphatic heterocycles. The maximum Gasteiger partial charge on any atom is 0.373 e. The second-order valence-electron chi connectivity index (χ2n) is 3.49. The quantitative estimate of drug-likeness (QED) is 0.174. The lowest BCUT2D eigenvalue weighted by Gasteiger charge is -2.20. The van der Waals surface area contributed by atoms with Gasteiger partial charge in [0, 0.05) is 7.05 Å². The number of rotatable bonds is 5. The SMILES string of the molecule is C=C(C)ONCN(C)C(=NC(C)N)C(=O)OC. The number of esters is 1. The van der Waals surface area contributed by atoms with Crippen LogP contribution in [0.3, 0.4) is 0 Å². The molecule has 98 valence electrons. The monoisotopic (exact) mass is 244 g/mol. The van der Waals surface area contributed by atoms with Crippen molar-refractivity contribution in [1.82, 2.24) is 10.4 Å². The van der Waals surface area contributed by atoms with Gasteiger partial charge >= 0.3 is 5.97 Å². The van der Waals surface area contributed by atoms with Crippen molar-refractivity contribution in [3.05, 3.63) is 12.3 Å². The fourth-order valence-electron chi connectivity index (χ4n) is 0.918. The Morgan fingerprint density at radius 1 is 1.65 bits per heavy atom. The summed E-state index contributed by atoms with van der Waals surface area (Å²) in [5, 5.41) is 0. The van der Waals surface area contributed by atoms with Crippen LogP contribution in [0, 0.1) is 0 Å². The van der Waals surface area contributed by atoms with Gasteiger partial charge in [0.1, 0.15) is 12.4 Å². The van der Waals surface area contributed by atoms with E-state index in [2.05, 4.69) is 21.8 Å². The van der Waals surface area contributed by atoms with Crippen molar-refractivity contribution in [2.75, 3.05) is 20.8 Å². The summed E-state index contributed by atoms with van der Waals surface area (Å²) in [5.41, 5.74) is 8.13. The molecule has 1 unspecified atom stereocenters. The Balaban J connectivity index is 4.49. The normalized spacial score (nSPS) is 12.9. The first kappa shape index (κ1) is 15.4. The molecule has 7 nitrogen and oxygen atoms in total. The minimum Gasteiger partial charge on any atom is -0.463 e. The fourth-order valence-corrected chi connectivity index (χ4v) is 0.918. The van der Waals surface area contributed by atoms with E-state index in [1.807, 2.05) is 0 Å². The first-order valence-electron chi connectivity index (χ1n) is 5.06. The van der Waals surface area contributed by atoms with E-state index in [4.69, 9.17) is 10.6 Å². The molecular formula is C10H20N4O3. The molecule has 0 amide bonds. The van der Waals surface area contributed by atoms with Gasteiger partial charge in [0.05, 0.1) is 13.3 Å². The van der Waals surface area contributed by atoms with Crippen molar-refractivity contribution >= 4 is 11.8 Å². The zero-order valence-electron chi connectivity index (χ0n) is 10.7. The van der Waals surface area contributed by atoms with Crippen molar-refractivity contribution in [1.29, 1.82) is 0 Å². The molecular weight excluding hydrogens is 224 g/mol. The maximum absolute atomic E-state index is 11.4. The van der Waals surface area contributed by atoms with Crippen LogP contribution in [0.4, 0.5) is 0 Å². The first-order chi connectivity index (χ1) is 7.88. The minimum atomic E-state index is -0.554. The van der Waals surface area contributed by atoms with Crippen molar-refractivity contribution in [2.45, 2.75) is 20.0 Å². The summed E-state index contributed by atoms with van der Waals surface area (Å²) in [7, 11) is 2.94. The molecule has 0 fully saturated rings. The highest BCUT2D eigenvalue weighted by Crippen LogP contribution is 1.94. The number of allylic oxidation sites excluding steroid dienone is 1. The smallest absolute Gasteiger partial charge is 0.373 e. The molecule has 0 aliphatic carbocycles. The Morgan fingerprint density at radius 2 is 2.24 bits per heavy atom. The largest absolute Gasteiger partial charge is 0.463 e. The van der Waals surface area contributed by atoms with Crippen molar-refractivity contribution in [3.63, 3.8) is 0 Å². The van der Waals surface area contributed by atoms with Gasteiger partial charge in [0.2, 0.25) is 5.84 Å². The van der Waals surface area contributed by atoms with Crippen LogP contribution in [0.15, 0.2) is 17.3 Å². The summed E-state index contributed by atoms with van der Waals surface area (Å²) in [6.07, 6.45) is -0.492. The number of hydrogen-bond donors (Lipinski definition) is 2. The van der Waals surface area contributed by atoms with Gasteiger partial charge in [0.25, 0.3) is 0 Å². The molecule has 0 rings (SSSR count). The van der Waals surface area contributed by atoms with Crippen LogP contribution in [-0.2, 0) is 14.4 Å². The lowest BCUT2D eigenvalue weighted by molar-refractivity contribution is -0.133. The topological polar surface area (TPSA) is 89.2 Å². The van der Waals surface area contributed by atoms with Gasteiger partial charge in [-0.1, -0.05) is 6.58 Å². The molecule has 0 radical (unpaired) electrons. The zero-order valence-corrected chi connectivity index (χ0v) is 10.7. The molecule has 17 heavy (non-hydrogen) atoms. The summed E-state index contributed by atoms with van der Waals surface area (Å²) >= 11 is 0. The zero-order chi connectivity index (χ0) is 13.4. The Bertz CT molecular complexity index is 302. The first-order valence-corrected chi connectivity index (χ1v) is 5.06. The molecule has 0 saturated carbocycles. The summed E-state index contributed by atoms with van der Waals surface area (Å²) in [6.45, 7) is 7.15. The van der Waals surface area contributed by atoms with Gasteiger partial charge in [-0.3, -0.25) is 0 Å². The second kappa shape index (κ2) is 7.64. The van der Waals surface area contributed by atoms with E-state index in [-0.39, 0.29) is 12.5 Å². The van der Waals surface area contributed by atoms with Crippen LogP contribution < -0.4 is 11.2 Å². The number of carbonyl (C=O) groups is 1. The minimum absolute atomic E-state index is 0.125. The standard InChI is InChI=1S/C10H20N4O3/c1-7(2)17-12-6-14(4)9(10(15)16-5)13-8(3)11/h8,12H,1,6,11H2,2-5H3. The van der Waals surface area contributed by atoms with Crippen LogP contribution in [0.1, 0.15) is 13.8 Å². The number of hydroxylamine groups is 1. The number of amidine groups is 1. The number of nitrogens with zero attached hydrogens (tertiary/aromatic N) is 2. The number of ether oxygens (including phenoxy) is 1. The Kier molecular flexibility index (Phi) is 6.92. The van der Waals surface area contributed by atoms with Gasteiger partial charge < -0.3 is 20.2 Å².